The van der Waals surface area contributed by atoms with Crippen LogP contribution in [0.5, 0.6) is 5.75 Å². The number of halogens is 1. The Morgan fingerprint density at radius 1 is 1.38 bits per heavy atom. The SMILES string of the molecule is CNC1CCCN(C(=O)c2cc3ccc(OC)cc3nc2C)C1.Cl. The molecule has 1 aliphatic heterocycles. The third-order valence-corrected chi connectivity index (χ3v) is 4.56. The lowest BCUT2D eigenvalue weighted by molar-refractivity contribution is 0.0697. The van der Waals surface area contributed by atoms with Gasteiger partial charge in [0.25, 0.3) is 5.91 Å². The van der Waals surface area contributed by atoms with Crippen molar-refractivity contribution in [1.82, 2.24) is 15.2 Å². The molecule has 1 N–H and O–H groups in total. The minimum Gasteiger partial charge on any atom is -0.497 e. The maximum absolute atomic E-state index is 12.9. The Morgan fingerprint density at radius 2 is 2.17 bits per heavy atom. The van der Waals surface area contributed by atoms with Crippen LogP contribution in [-0.4, -0.2) is 49.1 Å². The number of likely N-dealkylation sites (tertiary alicyclic amines) is 1. The highest BCUT2D eigenvalue weighted by Gasteiger charge is 2.25. The average molecular weight is 350 g/mol. The molecule has 1 aromatic heterocycles. The Balaban J connectivity index is 0.00000208. The zero-order chi connectivity index (χ0) is 16.4. The zero-order valence-electron chi connectivity index (χ0n) is 14.3. The standard InChI is InChI=1S/C18H23N3O2.ClH/c1-12-16(18(22)21-8-4-5-14(11-21)19-2)9-13-6-7-15(23-3)10-17(13)20-12;/h6-7,9-10,14,19H,4-5,8,11H2,1-3H3;1H. The number of likely N-dealkylation sites (N-methyl/N-ethyl adjacent to an activating group) is 1. The summed E-state index contributed by atoms with van der Waals surface area (Å²) in [4.78, 5) is 19.4. The molecule has 24 heavy (non-hydrogen) atoms. The number of hydrogen-bond donors (Lipinski definition) is 1. The van der Waals surface area contributed by atoms with Crippen molar-refractivity contribution in [2.45, 2.75) is 25.8 Å². The molecule has 2 heterocycles. The van der Waals surface area contributed by atoms with E-state index >= 15 is 0 Å². The van der Waals surface area contributed by atoms with Gasteiger partial charge in [0.1, 0.15) is 5.75 Å². The van der Waals surface area contributed by atoms with Gasteiger partial charge < -0.3 is 15.0 Å². The molecule has 0 saturated carbocycles. The second-order valence-corrected chi connectivity index (χ2v) is 6.06. The molecule has 0 radical (unpaired) electrons. The summed E-state index contributed by atoms with van der Waals surface area (Å²) in [5.74, 6) is 0.851. The molecule has 130 valence electrons. The summed E-state index contributed by atoms with van der Waals surface area (Å²) >= 11 is 0. The molecule has 0 spiro atoms. The van der Waals surface area contributed by atoms with Gasteiger partial charge >= 0.3 is 0 Å². The number of carbonyl (C=O) groups is 1. The van der Waals surface area contributed by atoms with Crippen molar-refractivity contribution in [2.24, 2.45) is 0 Å². The molecule has 3 rings (SSSR count). The van der Waals surface area contributed by atoms with Gasteiger partial charge in [-0.1, -0.05) is 0 Å². The molecular weight excluding hydrogens is 326 g/mol. The van der Waals surface area contributed by atoms with E-state index in [4.69, 9.17) is 4.74 Å². The second kappa shape index (κ2) is 7.81. The lowest BCUT2D eigenvalue weighted by atomic mass is 10.0. The van der Waals surface area contributed by atoms with Gasteiger partial charge in [-0.25, -0.2) is 0 Å². The summed E-state index contributed by atoms with van der Waals surface area (Å²) in [6, 6.07) is 8.07. The van der Waals surface area contributed by atoms with Crippen LogP contribution in [0.15, 0.2) is 24.3 Å². The molecule has 1 aliphatic rings. The number of nitrogens with one attached hydrogen (secondary N) is 1. The third kappa shape index (κ3) is 3.62. The fraction of sp³-hybridized carbons (Fsp3) is 0.444. The van der Waals surface area contributed by atoms with Gasteiger partial charge in [0.05, 0.1) is 23.9 Å². The van der Waals surface area contributed by atoms with Gasteiger partial charge in [-0.05, 0) is 45.0 Å². The highest BCUT2D eigenvalue weighted by atomic mass is 35.5. The van der Waals surface area contributed by atoms with Crippen molar-refractivity contribution < 1.29 is 9.53 Å². The number of pyridine rings is 1. The number of aromatic nitrogens is 1. The number of ether oxygens (including phenoxy) is 1. The van der Waals surface area contributed by atoms with Crippen LogP contribution in [0.25, 0.3) is 10.9 Å². The summed E-state index contributed by atoms with van der Waals surface area (Å²) in [6.07, 6.45) is 2.16. The van der Waals surface area contributed by atoms with Gasteiger partial charge in [-0.2, -0.15) is 0 Å². The third-order valence-electron chi connectivity index (χ3n) is 4.56. The first-order valence-electron chi connectivity index (χ1n) is 8.04. The van der Waals surface area contributed by atoms with Gasteiger partial charge in [-0.15, -0.1) is 12.4 Å². The number of aryl methyl sites for hydroxylation is 1. The van der Waals surface area contributed by atoms with Gasteiger partial charge in [-0.3, -0.25) is 9.78 Å². The molecule has 5 nitrogen and oxygen atoms in total. The van der Waals surface area contributed by atoms with Crippen LogP contribution < -0.4 is 10.1 Å². The molecule has 1 unspecified atom stereocenters. The van der Waals surface area contributed by atoms with Crippen LogP contribution in [0.1, 0.15) is 28.9 Å². The van der Waals surface area contributed by atoms with Crippen molar-refractivity contribution in [3.05, 3.63) is 35.5 Å². The monoisotopic (exact) mass is 349 g/mol. The van der Waals surface area contributed by atoms with Crippen molar-refractivity contribution in [2.75, 3.05) is 27.2 Å². The number of hydrogen-bond acceptors (Lipinski definition) is 4. The number of methoxy groups -OCH3 is 1. The lowest BCUT2D eigenvalue weighted by Gasteiger charge is -2.32. The second-order valence-electron chi connectivity index (χ2n) is 6.06. The topological polar surface area (TPSA) is 54.5 Å². The first-order valence-corrected chi connectivity index (χ1v) is 8.04. The van der Waals surface area contributed by atoms with Crippen LogP contribution >= 0.6 is 12.4 Å². The van der Waals surface area contributed by atoms with Crippen molar-refractivity contribution in [1.29, 1.82) is 0 Å². The van der Waals surface area contributed by atoms with Crippen molar-refractivity contribution in [3.8, 4) is 5.75 Å². The first-order chi connectivity index (χ1) is 11.1. The van der Waals surface area contributed by atoms with Crippen molar-refractivity contribution >= 4 is 29.2 Å². The number of piperidine rings is 1. The predicted molar refractivity (Wildman–Crippen MR) is 98.3 cm³/mol. The lowest BCUT2D eigenvalue weighted by Crippen LogP contribution is -2.47. The molecular formula is C18H24ClN3O2. The predicted octanol–water partition coefficient (Wildman–Crippen LogP) is 2.80. The Bertz CT molecular complexity index is 736. The summed E-state index contributed by atoms with van der Waals surface area (Å²) in [7, 11) is 3.59. The molecule has 1 saturated heterocycles. The Hall–Kier alpha value is -1.85. The van der Waals surface area contributed by atoms with E-state index in [-0.39, 0.29) is 18.3 Å². The minimum atomic E-state index is 0. The van der Waals surface area contributed by atoms with E-state index in [1.807, 2.05) is 43.1 Å². The van der Waals surface area contributed by atoms with Crippen LogP contribution in [0.3, 0.4) is 0 Å². The fourth-order valence-corrected chi connectivity index (χ4v) is 3.15. The zero-order valence-corrected chi connectivity index (χ0v) is 15.2. The van der Waals surface area contributed by atoms with Crippen LogP contribution in [0, 0.1) is 6.92 Å². The highest BCUT2D eigenvalue weighted by Crippen LogP contribution is 2.23. The molecule has 6 heteroatoms. The number of fused-ring (bicyclic) bond motifs is 1. The fourth-order valence-electron chi connectivity index (χ4n) is 3.15. The van der Waals surface area contributed by atoms with Crippen molar-refractivity contribution in [3.63, 3.8) is 0 Å². The van der Waals surface area contributed by atoms with Crippen LogP contribution in [-0.2, 0) is 0 Å². The van der Waals surface area contributed by atoms with Crippen LogP contribution in [0.2, 0.25) is 0 Å². The van der Waals surface area contributed by atoms with E-state index in [2.05, 4.69) is 10.3 Å². The molecule has 2 aromatic rings. The Morgan fingerprint density at radius 3 is 2.88 bits per heavy atom. The van der Waals surface area contributed by atoms with Gasteiger partial charge in [0, 0.05) is 30.6 Å². The maximum atomic E-state index is 12.9. The molecule has 1 atom stereocenters. The molecule has 1 aromatic carbocycles. The summed E-state index contributed by atoms with van der Waals surface area (Å²) in [5.41, 5.74) is 2.31. The number of carbonyl (C=O) groups excluding carboxylic acids is 1. The van der Waals surface area contributed by atoms with E-state index in [9.17, 15) is 4.79 Å². The number of nitrogens with zero attached hydrogens (tertiary/aromatic N) is 2. The largest absolute Gasteiger partial charge is 0.497 e. The normalized spacial score (nSPS) is 17.5. The first kappa shape index (κ1) is 18.5. The maximum Gasteiger partial charge on any atom is 0.255 e. The number of amides is 1. The number of rotatable bonds is 3. The van der Waals surface area contributed by atoms with Gasteiger partial charge in [0.15, 0.2) is 0 Å². The molecule has 0 aliphatic carbocycles. The molecule has 1 amide bonds. The molecule has 1 fully saturated rings. The minimum absolute atomic E-state index is 0. The Labute approximate surface area is 148 Å². The average Bonchev–Trinajstić information content (AvgIpc) is 2.60. The summed E-state index contributed by atoms with van der Waals surface area (Å²) in [6.45, 7) is 3.47. The van der Waals surface area contributed by atoms with E-state index in [0.29, 0.717) is 11.6 Å². The summed E-state index contributed by atoms with van der Waals surface area (Å²) in [5, 5.41) is 4.23. The smallest absolute Gasteiger partial charge is 0.255 e. The quantitative estimate of drug-likeness (QED) is 0.925. The Kier molecular flexibility index (Phi) is 6.02. The van der Waals surface area contributed by atoms with Gasteiger partial charge in [0.2, 0.25) is 0 Å². The van der Waals surface area contributed by atoms with E-state index in [1.165, 1.54) is 0 Å². The molecule has 0 bridgehead atoms. The van der Waals surface area contributed by atoms with Crippen LogP contribution in [0.4, 0.5) is 0 Å². The highest BCUT2D eigenvalue weighted by molar-refractivity contribution is 5.98. The van der Waals surface area contributed by atoms with E-state index in [1.54, 1.807) is 7.11 Å². The summed E-state index contributed by atoms with van der Waals surface area (Å²) < 4.78 is 5.24. The number of benzene rings is 1. The van der Waals surface area contributed by atoms with E-state index < -0.39 is 0 Å². The van der Waals surface area contributed by atoms with E-state index in [0.717, 1.165) is 48.3 Å².